The van der Waals surface area contributed by atoms with Crippen LogP contribution in [0.1, 0.15) is 31.1 Å². The van der Waals surface area contributed by atoms with E-state index in [1.165, 1.54) is 30.5 Å². The number of nitrogens with one attached hydrogen (secondary N) is 1. The van der Waals surface area contributed by atoms with Crippen LogP contribution in [-0.2, 0) is 26.1 Å². The lowest BCUT2D eigenvalue weighted by Crippen LogP contribution is -2.36. The molecule has 0 aliphatic carbocycles. The molecule has 2 aromatic carbocycles. The molecule has 1 aliphatic rings. The average Bonchev–Trinajstić information content (AvgIpc) is 3.20. The number of carbonyl (C=O) groups excluding carboxylic acids is 1. The Morgan fingerprint density at radius 2 is 1.79 bits per heavy atom. The van der Waals surface area contributed by atoms with E-state index in [9.17, 15) is 26.4 Å². The summed E-state index contributed by atoms with van der Waals surface area (Å²) < 4.78 is 74.2. The van der Waals surface area contributed by atoms with Gasteiger partial charge in [-0.3, -0.25) is 0 Å². The van der Waals surface area contributed by atoms with Crippen molar-refractivity contribution in [2.24, 2.45) is 0 Å². The summed E-state index contributed by atoms with van der Waals surface area (Å²) in [5, 5.41) is 3.77. The first-order valence-corrected chi connectivity index (χ1v) is 13.2. The van der Waals surface area contributed by atoms with Gasteiger partial charge in [0.25, 0.3) is 0 Å². The van der Waals surface area contributed by atoms with Crippen LogP contribution in [0.5, 0.6) is 11.5 Å². The summed E-state index contributed by atoms with van der Waals surface area (Å²) in [6.07, 6.45) is -3.95. The molecule has 0 spiro atoms. The minimum Gasteiger partial charge on any atom is -0.491 e. The summed E-state index contributed by atoms with van der Waals surface area (Å²) >= 11 is 0. The Bertz CT molecular complexity index is 1430. The van der Waals surface area contributed by atoms with Crippen molar-refractivity contribution in [1.29, 1.82) is 0 Å². The number of aromatic nitrogens is 1. The normalized spacial score (nSPS) is 15.1. The quantitative estimate of drug-likeness (QED) is 0.422. The van der Waals surface area contributed by atoms with Gasteiger partial charge in [0.2, 0.25) is 0 Å². The molecule has 4 rings (SSSR count). The molecule has 1 aliphatic heterocycles. The summed E-state index contributed by atoms with van der Waals surface area (Å²) in [5.41, 5.74) is 1.20. The zero-order valence-corrected chi connectivity index (χ0v) is 21.3. The fraction of sp³-hybridized carbons (Fsp3) is 0.280. The van der Waals surface area contributed by atoms with E-state index >= 15 is 0 Å². The van der Waals surface area contributed by atoms with Gasteiger partial charge in [0.1, 0.15) is 23.8 Å². The molecule has 13 heteroatoms. The van der Waals surface area contributed by atoms with Gasteiger partial charge in [-0.2, -0.15) is 18.2 Å². The maximum absolute atomic E-state index is 13.0. The van der Waals surface area contributed by atoms with Crippen LogP contribution in [-0.4, -0.2) is 37.9 Å². The Morgan fingerprint density at radius 3 is 2.42 bits per heavy atom. The van der Waals surface area contributed by atoms with Gasteiger partial charge in [-0.05, 0) is 55.8 Å². The largest absolute Gasteiger partial charge is 0.493 e. The Labute approximate surface area is 217 Å². The third kappa shape index (κ3) is 6.28. The minimum absolute atomic E-state index is 0.0707. The van der Waals surface area contributed by atoms with Crippen molar-refractivity contribution in [2.75, 3.05) is 16.6 Å². The van der Waals surface area contributed by atoms with E-state index < -0.39 is 28.1 Å². The second kappa shape index (κ2) is 10.4. The smallest absolute Gasteiger partial charge is 0.491 e. The van der Waals surface area contributed by atoms with E-state index in [1.54, 1.807) is 30.3 Å². The molecular weight excluding hydrogens is 527 g/mol. The molecule has 9 nitrogen and oxygen atoms in total. The van der Waals surface area contributed by atoms with Crippen LogP contribution in [0.3, 0.4) is 0 Å². The standard InChI is InChI=1S/C25H24F3N3O6S/c1-15(2)36-19-12-17(11-18(13-19)35-14-16-6-8-20(9-7-16)38(3,33)34)23-30-22-21(5-4-10-29-22)31(23)37-24(32)25(26,27)28/h4-13,15,23H,14H2,1-3H3,(H,29,30). The van der Waals surface area contributed by atoms with Crippen LogP contribution < -0.4 is 19.9 Å². The number of hydrogen-bond donors (Lipinski definition) is 1. The molecule has 202 valence electrons. The first kappa shape index (κ1) is 27.0. The molecule has 3 aromatic rings. The fourth-order valence-electron chi connectivity index (χ4n) is 3.65. The molecule has 0 radical (unpaired) electrons. The third-order valence-electron chi connectivity index (χ3n) is 5.29. The van der Waals surface area contributed by atoms with E-state index in [2.05, 4.69) is 10.3 Å². The van der Waals surface area contributed by atoms with E-state index in [0.29, 0.717) is 22.6 Å². The highest BCUT2D eigenvalue weighted by Gasteiger charge is 2.45. The number of sulfone groups is 1. The summed E-state index contributed by atoms with van der Waals surface area (Å²) in [7, 11) is -3.35. The zero-order chi connectivity index (χ0) is 27.7. The van der Waals surface area contributed by atoms with Crippen molar-refractivity contribution in [1.82, 2.24) is 4.98 Å². The van der Waals surface area contributed by atoms with Crippen LogP contribution in [0.4, 0.5) is 24.7 Å². The number of rotatable bonds is 8. The number of fused-ring (bicyclic) bond motifs is 1. The van der Waals surface area contributed by atoms with Gasteiger partial charge in [-0.25, -0.2) is 18.2 Å². The van der Waals surface area contributed by atoms with Crippen LogP contribution in [0.15, 0.2) is 65.7 Å². The van der Waals surface area contributed by atoms with Gasteiger partial charge in [0, 0.05) is 24.1 Å². The Morgan fingerprint density at radius 1 is 1.11 bits per heavy atom. The molecule has 0 amide bonds. The zero-order valence-electron chi connectivity index (χ0n) is 20.5. The molecule has 38 heavy (non-hydrogen) atoms. The SMILES string of the molecule is CC(C)Oc1cc(OCc2ccc(S(C)(=O)=O)cc2)cc(C2Nc3ncccc3N2OC(=O)C(F)(F)F)c1. The van der Waals surface area contributed by atoms with E-state index in [1.807, 2.05) is 13.8 Å². The number of hydrogen-bond acceptors (Lipinski definition) is 9. The molecule has 0 saturated carbocycles. The van der Waals surface area contributed by atoms with Crippen molar-refractivity contribution >= 4 is 27.3 Å². The first-order valence-electron chi connectivity index (χ1n) is 11.3. The Kier molecular flexibility index (Phi) is 7.40. The average molecular weight is 552 g/mol. The number of pyridine rings is 1. The fourth-order valence-corrected chi connectivity index (χ4v) is 4.28. The highest BCUT2D eigenvalue weighted by molar-refractivity contribution is 7.90. The number of anilines is 2. The van der Waals surface area contributed by atoms with Crippen LogP contribution in [0, 0.1) is 0 Å². The van der Waals surface area contributed by atoms with E-state index in [-0.39, 0.29) is 29.1 Å². The predicted octanol–water partition coefficient (Wildman–Crippen LogP) is 4.80. The van der Waals surface area contributed by atoms with E-state index in [0.717, 1.165) is 11.3 Å². The van der Waals surface area contributed by atoms with Crippen molar-refractivity contribution < 1.29 is 40.7 Å². The number of nitrogens with zero attached hydrogens (tertiary/aromatic N) is 2. The lowest BCUT2D eigenvalue weighted by atomic mass is 10.1. The molecular formula is C25H24F3N3O6S. The van der Waals surface area contributed by atoms with Crippen molar-refractivity contribution in [3.05, 3.63) is 71.9 Å². The number of benzene rings is 2. The van der Waals surface area contributed by atoms with Crippen LogP contribution >= 0.6 is 0 Å². The highest BCUT2D eigenvalue weighted by Crippen LogP contribution is 2.42. The summed E-state index contributed by atoms with van der Waals surface area (Å²) in [5.74, 6) is -1.48. The summed E-state index contributed by atoms with van der Waals surface area (Å²) in [6, 6.07) is 13.9. The van der Waals surface area contributed by atoms with E-state index in [4.69, 9.17) is 14.3 Å². The molecule has 0 saturated heterocycles. The minimum atomic E-state index is -5.21. The lowest BCUT2D eigenvalue weighted by molar-refractivity contribution is -0.201. The lowest BCUT2D eigenvalue weighted by Gasteiger charge is -2.26. The van der Waals surface area contributed by atoms with Crippen molar-refractivity contribution in [2.45, 2.75) is 43.8 Å². The molecule has 0 bridgehead atoms. The van der Waals surface area contributed by atoms with Crippen LogP contribution in [0.25, 0.3) is 0 Å². The molecule has 2 heterocycles. The van der Waals surface area contributed by atoms with Gasteiger partial charge >= 0.3 is 12.1 Å². The van der Waals surface area contributed by atoms with Gasteiger partial charge in [-0.1, -0.05) is 12.1 Å². The van der Waals surface area contributed by atoms with Gasteiger partial charge < -0.3 is 19.6 Å². The van der Waals surface area contributed by atoms with Crippen molar-refractivity contribution in [3.8, 4) is 11.5 Å². The molecule has 1 unspecified atom stereocenters. The number of alkyl halides is 3. The molecule has 1 atom stereocenters. The van der Waals surface area contributed by atoms with Gasteiger partial charge in [0.05, 0.1) is 11.0 Å². The van der Waals surface area contributed by atoms with Crippen LogP contribution in [0.2, 0.25) is 0 Å². The monoisotopic (exact) mass is 551 g/mol. The molecule has 0 fully saturated rings. The summed E-state index contributed by atoms with van der Waals surface area (Å²) in [6.45, 7) is 3.68. The number of ether oxygens (including phenoxy) is 2. The molecule has 1 N–H and O–H groups in total. The number of carbonyl (C=O) groups is 1. The second-order valence-corrected chi connectivity index (χ2v) is 10.7. The number of hydroxylamine groups is 1. The molecule has 1 aromatic heterocycles. The van der Waals surface area contributed by atoms with Gasteiger partial charge in [0.15, 0.2) is 21.8 Å². The Balaban J connectivity index is 1.64. The van der Waals surface area contributed by atoms with Crippen molar-refractivity contribution in [3.63, 3.8) is 0 Å². The Hall–Kier alpha value is -4.00. The second-order valence-electron chi connectivity index (χ2n) is 8.73. The first-order chi connectivity index (χ1) is 17.8. The maximum Gasteiger partial charge on any atom is 0.493 e. The number of halogens is 3. The topological polar surface area (TPSA) is 107 Å². The highest BCUT2D eigenvalue weighted by atomic mass is 32.2. The third-order valence-corrected chi connectivity index (χ3v) is 6.42. The maximum atomic E-state index is 13.0. The predicted molar refractivity (Wildman–Crippen MR) is 131 cm³/mol. The van der Waals surface area contributed by atoms with Gasteiger partial charge in [-0.15, -0.1) is 0 Å². The summed E-state index contributed by atoms with van der Waals surface area (Å²) in [4.78, 5) is 20.7.